The van der Waals surface area contributed by atoms with E-state index in [0.717, 1.165) is 33.4 Å². The summed E-state index contributed by atoms with van der Waals surface area (Å²) in [5, 5.41) is 24.4. The first-order valence-electron chi connectivity index (χ1n) is 23.0. The number of nitrogens with two attached hydrogens (primary N) is 6. The molecule has 68 heavy (non-hydrogen) atoms. The van der Waals surface area contributed by atoms with E-state index in [4.69, 9.17) is 62.8 Å². The number of ether oxygens (including phenoxy) is 6. The van der Waals surface area contributed by atoms with Gasteiger partial charge in [0, 0.05) is 129 Å². The summed E-state index contributed by atoms with van der Waals surface area (Å²) in [4.78, 5) is 0. The molecule has 4 aliphatic rings. The van der Waals surface area contributed by atoms with E-state index >= 15 is 0 Å². The van der Waals surface area contributed by atoms with Crippen LogP contribution in [0, 0.1) is 0 Å². The van der Waals surface area contributed by atoms with Gasteiger partial charge in [0.2, 0.25) is 0 Å². The van der Waals surface area contributed by atoms with Crippen LogP contribution in [-0.4, -0.2) is 10.2 Å². The fourth-order valence-electron chi connectivity index (χ4n) is 10.5. The zero-order valence-corrected chi connectivity index (χ0v) is 38.0. The molecule has 11 rings (SSSR count). The van der Waals surface area contributed by atoms with Gasteiger partial charge in [-0.25, -0.2) is 0 Å². The van der Waals surface area contributed by atoms with Gasteiger partial charge in [-0.3, -0.25) is 0 Å². The molecule has 14 heteroatoms. The number of benzene rings is 7. The summed E-state index contributed by atoms with van der Waals surface area (Å²) >= 11 is 0. The monoisotopic (exact) mass is 912 g/mol. The Balaban J connectivity index is 1.32. The van der Waals surface area contributed by atoms with Crippen molar-refractivity contribution < 1.29 is 38.6 Å². The molecule has 0 radical (unpaired) electrons. The highest BCUT2D eigenvalue weighted by Crippen LogP contribution is 2.58. The first-order chi connectivity index (χ1) is 32.7. The van der Waals surface area contributed by atoms with Crippen molar-refractivity contribution in [1.29, 1.82) is 0 Å². The predicted octanol–water partition coefficient (Wildman–Crippen LogP) is 12.8. The second kappa shape index (κ2) is 15.7. The molecule has 14 N–H and O–H groups in total. The zero-order chi connectivity index (χ0) is 47.4. The second-order valence-electron chi connectivity index (χ2n) is 18.0. The molecule has 0 fully saturated rings. The molecule has 3 heterocycles. The summed E-state index contributed by atoms with van der Waals surface area (Å²) < 4.78 is 41.3. The molecular weight excluding hydrogens is 861 g/mol. The Morgan fingerprint density at radius 2 is 0.471 bits per heavy atom. The normalized spacial score (nSPS) is 17.9. The van der Waals surface area contributed by atoms with E-state index in [1.807, 2.05) is 31.2 Å². The highest BCUT2D eigenvalue weighted by atomic mass is 16.5. The van der Waals surface area contributed by atoms with Crippen molar-refractivity contribution in [3.05, 3.63) is 129 Å². The third kappa shape index (κ3) is 6.61. The molecule has 14 nitrogen and oxygen atoms in total. The van der Waals surface area contributed by atoms with Crippen molar-refractivity contribution >= 4 is 34.1 Å². The van der Waals surface area contributed by atoms with Gasteiger partial charge in [0.1, 0.15) is 46.0 Å². The van der Waals surface area contributed by atoms with E-state index in [-0.39, 0.29) is 29.3 Å². The van der Waals surface area contributed by atoms with Crippen LogP contribution in [0.2, 0.25) is 0 Å². The van der Waals surface area contributed by atoms with Gasteiger partial charge in [-0.1, -0.05) is 27.7 Å². The fraction of sp³-hybridized carbons (Fsp3) is 0.222. The summed E-state index contributed by atoms with van der Waals surface area (Å²) in [6.07, 6.45) is 2.28. The SMILES string of the molecule is CCC1c2cc3c(cc2O)Oc2cc(N)c(N)cc2Oc2cc4c(cc2[C@@H]3CC)C(CC)c2cc3c(cc2Oc2cc(N)c(N)cc2O4)Oc2cc(N)c(N)cc2Oc2cc(O)c1cc2[C@@H]3CC. The molecule has 7 aromatic carbocycles. The van der Waals surface area contributed by atoms with Crippen LogP contribution < -0.4 is 62.8 Å². The number of rotatable bonds is 4. The molecule has 0 spiro atoms. The van der Waals surface area contributed by atoms with Crippen molar-refractivity contribution in [2.24, 2.45) is 0 Å². The minimum atomic E-state index is -0.500. The molecule has 0 amide bonds. The Labute approximate surface area is 392 Å². The van der Waals surface area contributed by atoms with E-state index in [9.17, 15) is 10.2 Å². The molecule has 8 bridgehead atoms. The summed E-state index contributed by atoms with van der Waals surface area (Å²) in [5.41, 5.74) is 46.6. The maximum absolute atomic E-state index is 12.2. The smallest absolute Gasteiger partial charge is 0.172 e. The fourth-order valence-corrected chi connectivity index (χ4v) is 10.5. The van der Waals surface area contributed by atoms with Crippen LogP contribution in [-0.2, 0) is 0 Å². The Morgan fingerprint density at radius 1 is 0.279 bits per heavy atom. The number of fused-ring (bicyclic) bond motifs is 5. The standard InChI is InChI=1S/C54H52N6O8/c1-5-23-27-9-29-24(6-2)31-11-33-26(8-4)34-12-32-25(7-3)30-10-28(23)42(62)20-44(30)64-50-14-36(56)38(58)16-52(50)66-46(32)22-48(34)68-54-18-40(60)39(59)17-53(54)67-47(33)21-45(31)65-51-15-37(57)35(55)13-49(51)63-43(29)19-41(27)61/h9-26,61-62H,5-8,55-60H2,1-4H3/t23?,24-,25+,26?. The third-order valence-electron chi connectivity index (χ3n) is 14.0. The molecule has 0 aromatic heterocycles. The first-order valence-corrected chi connectivity index (χ1v) is 23.0. The van der Waals surface area contributed by atoms with E-state index in [2.05, 4.69) is 32.9 Å². The van der Waals surface area contributed by atoms with E-state index in [1.54, 1.807) is 48.5 Å². The highest BCUT2D eigenvalue weighted by Gasteiger charge is 2.37. The zero-order valence-electron chi connectivity index (χ0n) is 38.0. The first kappa shape index (κ1) is 42.4. The average Bonchev–Trinajstić information content (AvgIpc) is 3.41. The lowest BCUT2D eigenvalue weighted by molar-refractivity contribution is 0.404. The molecular formula is C54H52N6O8. The van der Waals surface area contributed by atoms with Gasteiger partial charge >= 0.3 is 0 Å². The maximum Gasteiger partial charge on any atom is 0.172 e. The van der Waals surface area contributed by atoms with Crippen molar-refractivity contribution in [1.82, 2.24) is 0 Å². The number of anilines is 6. The Kier molecular flexibility index (Phi) is 9.78. The van der Waals surface area contributed by atoms with E-state index < -0.39 is 5.92 Å². The molecule has 346 valence electrons. The van der Waals surface area contributed by atoms with Crippen LogP contribution in [0.3, 0.4) is 0 Å². The molecule has 4 atom stereocenters. The van der Waals surface area contributed by atoms with Crippen LogP contribution in [0.5, 0.6) is 80.5 Å². The van der Waals surface area contributed by atoms with Crippen molar-refractivity contribution in [2.45, 2.75) is 77.0 Å². The predicted molar refractivity (Wildman–Crippen MR) is 264 cm³/mol. The molecule has 2 unspecified atom stereocenters. The van der Waals surface area contributed by atoms with Gasteiger partial charge in [-0.05, 0) is 49.9 Å². The summed E-state index contributed by atoms with van der Waals surface area (Å²) in [5.74, 6) is 2.93. The third-order valence-corrected chi connectivity index (χ3v) is 14.0. The quantitative estimate of drug-likeness (QED) is 0.0765. The van der Waals surface area contributed by atoms with Crippen molar-refractivity contribution in [3.63, 3.8) is 0 Å². The lowest BCUT2D eigenvalue weighted by atomic mass is 9.77. The molecule has 0 saturated carbocycles. The molecule has 3 aliphatic heterocycles. The minimum Gasteiger partial charge on any atom is -0.508 e. The van der Waals surface area contributed by atoms with Crippen LogP contribution >= 0.6 is 0 Å². The topological polar surface area (TPSA) is 252 Å². The van der Waals surface area contributed by atoms with E-state index in [1.165, 1.54) is 0 Å². The number of hydrogen-bond donors (Lipinski definition) is 8. The van der Waals surface area contributed by atoms with Crippen molar-refractivity contribution in [3.8, 4) is 80.5 Å². The number of phenolic OH excluding ortho intramolecular Hbond substituents is 2. The minimum absolute atomic E-state index is 0.0199. The lowest BCUT2D eigenvalue weighted by Gasteiger charge is -2.29. The number of phenols is 2. The van der Waals surface area contributed by atoms with Gasteiger partial charge in [0.25, 0.3) is 0 Å². The second-order valence-corrected chi connectivity index (χ2v) is 18.0. The van der Waals surface area contributed by atoms with E-state index in [0.29, 0.717) is 140 Å². The van der Waals surface area contributed by atoms with Crippen LogP contribution in [0.15, 0.2) is 84.9 Å². The van der Waals surface area contributed by atoms with Gasteiger partial charge in [0.15, 0.2) is 34.5 Å². The van der Waals surface area contributed by atoms with Gasteiger partial charge in [-0.15, -0.1) is 0 Å². The largest absolute Gasteiger partial charge is 0.508 e. The average molecular weight is 913 g/mol. The molecule has 7 aromatic rings. The lowest BCUT2D eigenvalue weighted by Crippen LogP contribution is -2.12. The van der Waals surface area contributed by atoms with Gasteiger partial charge in [-0.2, -0.15) is 0 Å². The molecule has 1 aliphatic carbocycles. The Morgan fingerprint density at radius 3 is 0.691 bits per heavy atom. The van der Waals surface area contributed by atoms with Gasteiger partial charge < -0.3 is 73.0 Å². The van der Waals surface area contributed by atoms with Crippen LogP contribution in [0.4, 0.5) is 34.1 Å². The Hall–Kier alpha value is -8.26. The number of nitrogen functional groups attached to an aromatic ring is 6. The summed E-state index contributed by atoms with van der Waals surface area (Å²) in [7, 11) is 0. The summed E-state index contributed by atoms with van der Waals surface area (Å²) in [6.45, 7) is 8.34. The van der Waals surface area contributed by atoms with Crippen LogP contribution in [0.1, 0.15) is 122 Å². The maximum atomic E-state index is 12.2. The Bertz CT molecular complexity index is 3070. The van der Waals surface area contributed by atoms with Crippen LogP contribution in [0.25, 0.3) is 0 Å². The van der Waals surface area contributed by atoms with Crippen molar-refractivity contribution in [2.75, 3.05) is 34.4 Å². The van der Waals surface area contributed by atoms with Gasteiger partial charge in [0.05, 0.1) is 34.1 Å². The summed E-state index contributed by atoms with van der Waals surface area (Å²) in [6, 6.07) is 25.2. The highest BCUT2D eigenvalue weighted by molar-refractivity contribution is 5.75. The molecule has 0 saturated heterocycles. The number of aromatic hydroxyl groups is 2. The number of hydrogen-bond acceptors (Lipinski definition) is 14.